The average molecular weight is 444 g/mol. The third-order valence-electron chi connectivity index (χ3n) is 4.66. The fourth-order valence-corrected chi connectivity index (χ4v) is 4.49. The molecule has 1 heterocycles. The molecular formula is C21H21N3O4S2. The van der Waals surface area contributed by atoms with Gasteiger partial charge in [0.05, 0.1) is 21.8 Å². The van der Waals surface area contributed by atoms with Crippen molar-refractivity contribution in [2.45, 2.75) is 24.3 Å². The first-order chi connectivity index (χ1) is 14.5. The molecular weight excluding hydrogens is 422 g/mol. The van der Waals surface area contributed by atoms with Crippen molar-refractivity contribution in [1.82, 2.24) is 9.71 Å². The molecule has 1 aliphatic rings. The van der Waals surface area contributed by atoms with E-state index in [1.54, 1.807) is 35.8 Å². The maximum atomic E-state index is 12.8. The van der Waals surface area contributed by atoms with Gasteiger partial charge in [0.1, 0.15) is 12.4 Å². The Bertz CT molecular complexity index is 1130. The van der Waals surface area contributed by atoms with E-state index in [2.05, 4.69) is 15.0 Å². The number of rotatable bonds is 9. The fourth-order valence-electron chi connectivity index (χ4n) is 2.79. The van der Waals surface area contributed by atoms with Crippen molar-refractivity contribution >= 4 is 33.0 Å². The molecule has 2 aromatic carbocycles. The fraction of sp³-hybridized carbons (Fsp3) is 0.238. The zero-order valence-electron chi connectivity index (χ0n) is 16.1. The summed E-state index contributed by atoms with van der Waals surface area (Å²) in [6.45, 7) is 0.721. The minimum absolute atomic E-state index is 0.0730. The number of nitrogens with one attached hydrogen (secondary N) is 2. The molecule has 0 atom stereocenters. The van der Waals surface area contributed by atoms with Crippen molar-refractivity contribution in [2.24, 2.45) is 5.92 Å². The molecule has 0 spiro atoms. The SMILES string of the molecule is O=C(Nc1ccccc1OCc1cscn1)c1cccc(S(=O)(=O)NCC2CC2)c1. The van der Waals surface area contributed by atoms with Crippen molar-refractivity contribution in [2.75, 3.05) is 11.9 Å². The Hall–Kier alpha value is -2.75. The van der Waals surface area contributed by atoms with Crippen LogP contribution in [0.1, 0.15) is 28.9 Å². The van der Waals surface area contributed by atoms with Gasteiger partial charge in [-0.15, -0.1) is 11.3 Å². The first-order valence-electron chi connectivity index (χ1n) is 9.51. The van der Waals surface area contributed by atoms with Crippen LogP contribution < -0.4 is 14.8 Å². The standard InChI is InChI=1S/C21H21N3O4S2/c25-21(16-4-3-5-18(10-16)30(26,27)23-11-15-8-9-15)24-19-6-1-2-7-20(19)28-12-17-13-29-14-22-17/h1-7,10,13-15,23H,8-9,11-12H2,(H,24,25). The number of anilines is 1. The highest BCUT2D eigenvalue weighted by Gasteiger charge is 2.24. The summed E-state index contributed by atoms with van der Waals surface area (Å²) in [5.41, 5.74) is 3.28. The Kier molecular flexibility index (Phi) is 6.12. The summed E-state index contributed by atoms with van der Waals surface area (Å²) in [6.07, 6.45) is 2.10. The van der Waals surface area contributed by atoms with Gasteiger partial charge in [0.25, 0.3) is 5.91 Å². The second-order valence-electron chi connectivity index (χ2n) is 7.04. The molecule has 9 heteroatoms. The number of carbonyl (C=O) groups excluding carboxylic acids is 1. The number of benzene rings is 2. The van der Waals surface area contributed by atoms with E-state index in [1.807, 2.05) is 11.4 Å². The van der Waals surface area contributed by atoms with Crippen molar-refractivity contribution < 1.29 is 17.9 Å². The lowest BCUT2D eigenvalue weighted by Gasteiger charge is -2.12. The third kappa shape index (κ3) is 5.24. The topological polar surface area (TPSA) is 97.4 Å². The zero-order valence-corrected chi connectivity index (χ0v) is 17.7. The number of sulfonamides is 1. The summed E-state index contributed by atoms with van der Waals surface area (Å²) < 4.78 is 33.4. The largest absolute Gasteiger partial charge is 0.485 e. The molecule has 0 radical (unpaired) electrons. The van der Waals surface area contributed by atoms with Gasteiger partial charge in [0.2, 0.25) is 10.0 Å². The molecule has 4 rings (SSSR count). The van der Waals surface area contributed by atoms with E-state index in [1.165, 1.54) is 23.5 Å². The number of hydrogen-bond acceptors (Lipinski definition) is 6. The van der Waals surface area contributed by atoms with Crippen LogP contribution in [0.5, 0.6) is 5.75 Å². The van der Waals surface area contributed by atoms with E-state index in [0.717, 1.165) is 18.5 Å². The molecule has 7 nitrogen and oxygen atoms in total. The monoisotopic (exact) mass is 443 g/mol. The number of aromatic nitrogens is 1. The molecule has 0 bridgehead atoms. The van der Waals surface area contributed by atoms with E-state index in [-0.39, 0.29) is 17.1 Å². The average Bonchev–Trinajstić information content (AvgIpc) is 3.45. The summed E-state index contributed by atoms with van der Waals surface area (Å²) in [6, 6.07) is 13.1. The molecule has 1 aromatic heterocycles. The first-order valence-corrected chi connectivity index (χ1v) is 11.9. The lowest BCUT2D eigenvalue weighted by molar-refractivity contribution is 0.102. The number of thiazole rings is 1. The van der Waals surface area contributed by atoms with Gasteiger partial charge in [0, 0.05) is 17.5 Å². The summed E-state index contributed by atoms with van der Waals surface area (Å²) in [5, 5.41) is 4.69. The normalized spacial score (nSPS) is 13.7. The maximum Gasteiger partial charge on any atom is 0.255 e. The van der Waals surface area contributed by atoms with Gasteiger partial charge in [-0.1, -0.05) is 18.2 Å². The maximum absolute atomic E-state index is 12.8. The minimum atomic E-state index is -3.65. The highest BCUT2D eigenvalue weighted by Crippen LogP contribution is 2.28. The van der Waals surface area contributed by atoms with Crippen LogP contribution >= 0.6 is 11.3 Å². The first kappa shape index (κ1) is 20.5. The van der Waals surface area contributed by atoms with Gasteiger partial charge >= 0.3 is 0 Å². The van der Waals surface area contributed by atoms with E-state index < -0.39 is 15.9 Å². The number of carbonyl (C=O) groups is 1. The molecule has 3 aromatic rings. The van der Waals surface area contributed by atoms with Crippen LogP contribution in [-0.4, -0.2) is 25.9 Å². The van der Waals surface area contributed by atoms with Crippen molar-refractivity contribution in [3.8, 4) is 5.75 Å². The van der Waals surface area contributed by atoms with E-state index >= 15 is 0 Å². The molecule has 0 aliphatic heterocycles. The van der Waals surface area contributed by atoms with Crippen LogP contribution in [-0.2, 0) is 16.6 Å². The Morgan fingerprint density at radius 2 is 2.00 bits per heavy atom. The molecule has 2 N–H and O–H groups in total. The number of para-hydroxylation sites is 2. The molecule has 0 saturated heterocycles. The van der Waals surface area contributed by atoms with Crippen LogP contribution in [0.3, 0.4) is 0 Å². The second-order valence-corrected chi connectivity index (χ2v) is 9.53. The van der Waals surface area contributed by atoms with Crippen LogP contribution in [0.4, 0.5) is 5.69 Å². The quantitative estimate of drug-likeness (QED) is 0.526. The van der Waals surface area contributed by atoms with Gasteiger partial charge in [-0.25, -0.2) is 18.1 Å². The predicted molar refractivity (Wildman–Crippen MR) is 115 cm³/mol. The van der Waals surface area contributed by atoms with E-state index in [0.29, 0.717) is 23.9 Å². The summed E-state index contributed by atoms with van der Waals surface area (Å²) >= 11 is 1.48. The Morgan fingerprint density at radius 3 is 2.77 bits per heavy atom. The van der Waals surface area contributed by atoms with Crippen LogP contribution in [0.15, 0.2) is 64.3 Å². The van der Waals surface area contributed by atoms with Crippen molar-refractivity contribution in [3.05, 3.63) is 70.7 Å². The van der Waals surface area contributed by atoms with Crippen LogP contribution in [0.25, 0.3) is 0 Å². The molecule has 30 heavy (non-hydrogen) atoms. The lowest BCUT2D eigenvalue weighted by atomic mass is 10.2. The van der Waals surface area contributed by atoms with E-state index in [9.17, 15) is 13.2 Å². The number of hydrogen-bond donors (Lipinski definition) is 2. The molecule has 1 aliphatic carbocycles. The lowest BCUT2D eigenvalue weighted by Crippen LogP contribution is -2.26. The summed E-state index contributed by atoms with van der Waals surface area (Å²) in [7, 11) is -3.65. The Balaban J connectivity index is 1.46. The highest BCUT2D eigenvalue weighted by molar-refractivity contribution is 7.89. The van der Waals surface area contributed by atoms with Gasteiger partial charge in [-0.2, -0.15) is 0 Å². The Labute approximate surface area is 179 Å². The molecule has 1 fully saturated rings. The van der Waals surface area contributed by atoms with Gasteiger partial charge in [-0.3, -0.25) is 4.79 Å². The van der Waals surface area contributed by atoms with Gasteiger partial charge < -0.3 is 10.1 Å². The number of nitrogens with zero attached hydrogens (tertiary/aromatic N) is 1. The van der Waals surface area contributed by atoms with Crippen molar-refractivity contribution in [1.29, 1.82) is 0 Å². The molecule has 1 amide bonds. The smallest absolute Gasteiger partial charge is 0.255 e. The second kappa shape index (κ2) is 8.95. The highest BCUT2D eigenvalue weighted by atomic mass is 32.2. The third-order valence-corrected chi connectivity index (χ3v) is 6.72. The van der Waals surface area contributed by atoms with Gasteiger partial charge in [-0.05, 0) is 49.1 Å². The van der Waals surface area contributed by atoms with Crippen molar-refractivity contribution in [3.63, 3.8) is 0 Å². The van der Waals surface area contributed by atoms with Crippen LogP contribution in [0, 0.1) is 5.92 Å². The number of ether oxygens (including phenoxy) is 1. The summed E-state index contributed by atoms with van der Waals surface area (Å²) in [5.74, 6) is 0.514. The zero-order chi connectivity index (χ0) is 21.0. The Morgan fingerprint density at radius 1 is 1.17 bits per heavy atom. The van der Waals surface area contributed by atoms with E-state index in [4.69, 9.17) is 4.74 Å². The minimum Gasteiger partial charge on any atom is -0.485 e. The summed E-state index contributed by atoms with van der Waals surface area (Å²) in [4.78, 5) is 17.0. The predicted octanol–water partition coefficient (Wildman–Crippen LogP) is 3.66. The number of amides is 1. The van der Waals surface area contributed by atoms with Crippen LogP contribution in [0.2, 0.25) is 0 Å². The molecule has 156 valence electrons. The molecule has 1 saturated carbocycles. The molecule has 0 unspecified atom stereocenters. The van der Waals surface area contributed by atoms with Gasteiger partial charge in [0.15, 0.2) is 0 Å².